The summed E-state index contributed by atoms with van der Waals surface area (Å²) in [5, 5.41) is 0. The van der Waals surface area contributed by atoms with Gasteiger partial charge in [-0.05, 0) is 43.9 Å². The minimum atomic E-state index is -0.429. The monoisotopic (exact) mass is 262 g/mol. The molecule has 104 valence electrons. The lowest BCUT2D eigenvalue weighted by Crippen LogP contribution is -2.43. The number of carbonyl (C=O) groups is 1. The smallest absolute Gasteiger partial charge is 0.189 e. The van der Waals surface area contributed by atoms with Gasteiger partial charge in [-0.25, -0.2) is 0 Å². The maximum Gasteiger partial charge on any atom is 0.189 e. The van der Waals surface area contributed by atoms with Crippen LogP contribution in [-0.4, -0.2) is 24.5 Å². The summed E-state index contributed by atoms with van der Waals surface area (Å²) in [4.78, 5) is 12.2. The third kappa shape index (κ3) is 3.55. The molecular weight excluding hydrogens is 240 g/mol. The normalized spacial score (nSPS) is 19.4. The molecule has 0 saturated carbocycles. The summed E-state index contributed by atoms with van der Waals surface area (Å²) in [6.07, 6.45) is 3.71. The van der Waals surface area contributed by atoms with Crippen molar-refractivity contribution in [3.05, 3.63) is 29.8 Å². The van der Waals surface area contributed by atoms with Crippen molar-refractivity contribution in [3.63, 3.8) is 0 Å². The highest BCUT2D eigenvalue weighted by molar-refractivity contribution is 5.88. The highest BCUT2D eigenvalue weighted by atomic mass is 16.5. The van der Waals surface area contributed by atoms with Crippen LogP contribution in [0.4, 0.5) is 0 Å². The van der Waals surface area contributed by atoms with Gasteiger partial charge in [0.1, 0.15) is 5.75 Å². The molecule has 1 aromatic carbocycles. The maximum absolute atomic E-state index is 12.2. The first-order valence-electron chi connectivity index (χ1n) is 6.96. The molecule has 1 aliphatic heterocycles. The van der Waals surface area contributed by atoms with Crippen LogP contribution in [0.3, 0.4) is 0 Å². The van der Waals surface area contributed by atoms with Crippen molar-refractivity contribution in [1.82, 2.24) is 0 Å². The summed E-state index contributed by atoms with van der Waals surface area (Å²) in [5.74, 6) is 0.841. The SMILES string of the molecule is NCCCC[C@H](N)C(=O)C1CCc2ccccc2O1. The van der Waals surface area contributed by atoms with Gasteiger partial charge in [-0.2, -0.15) is 0 Å². The van der Waals surface area contributed by atoms with Crippen LogP contribution in [0.1, 0.15) is 31.2 Å². The maximum atomic E-state index is 12.2. The van der Waals surface area contributed by atoms with Crippen molar-refractivity contribution >= 4 is 5.78 Å². The Morgan fingerprint density at radius 2 is 2.16 bits per heavy atom. The number of aryl methyl sites for hydroxylation is 1. The van der Waals surface area contributed by atoms with Gasteiger partial charge in [0.15, 0.2) is 11.9 Å². The van der Waals surface area contributed by atoms with Gasteiger partial charge in [-0.15, -0.1) is 0 Å². The molecule has 1 heterocycles. The molecule has 19 heavy (non-hydrogen) atoms. The number of hydrogen-bond donors (Lipinski definition) is 2. The molecule has 0 radical (unpaired) electrons. The van der Waals surface area contributed by atoms with E-state index in [-0.39, 0.29) is 11.9 Å². The van der Waals surface area contributed by atoms with E-state index in [4.69, 9.17) is 16.2 Å². The molecule has 0 aliphatic carbocycles. The van der Waals surface area contributed by atoms with Gasteiger partial charge in [-0.1, -0.05) is 24.6 Å². The summed E-state index contributed by atoms with van der Waals surface area (Å²) in [6, 6.07) is 7.43. The Labute approximate surface area is 114 Å². The van der Waals surface area contributed by atoms with Gasteiger partial charge in [0.2, 0.25) is 0 Å². The van der Waals surface area contributed by atoms with E-state index in [1.54, 1.807) is 0 Å². The number of fused-ring (bicyclic) bond motifs is 1. The first-order valence-corrected chi connectivity index (χ1v) is 6.96. The molecule has 0 fully saturated rings. The average molecular weight is 262 g/mol. The lowest BCUT2D eigenvalue weighted by atomic mass is 9.95. The predicted molar refractivity (Wildman–Crippen MR) is 75.1 cm³/mol. The number of carbonyl (C=O) groups excluding carboxylic acids is 1. The van der Waals surface area contributed by atoms with E-state index in [2.05, 4.69) is 0 Å². The number of ketones is 1. The van der Waals surface area contributed by atoms with Gasteiger partial charge in [-0.3, -0.25) is 4.79 Å². The fourth-order valence-electron chi connectivity index (χ4n) is 2.41. The van der Waals surface area contributed by atoms with Gasteiger partial charge < -0.3 is 16.2 Å². The van der Waals surface area contributed by atoms with Crippen LogP contribution in [0.25, 0.3) is 0 Å². The zero-order valence-electron chi connectivity index (χ0n) is 11.2. The third-order valence-electron chi connectivity index (χ3n) is 3.57. The van der Waals surface area contributed by atoms with E-state index in [0.29, 0.717) is 13.0 Å². The quantitative estimate of drug-likeness (QED) is 0.760. The van der Waals surface area contributed by atoms with Gasteiger partial charge in [0, 0.05) is 0 Å². The second kappa shape index (κ2) is 6.68. The molecule has 0 saturated heterocycles. The molecule has 4 nitrogen and oxygen atoms in total. The molecular formula is C15H22N2O2. The Kier molecular flexibility index (Phi) is 4.93. The third-order valence-corrected chi connectivity index (χ3v) is 3.57. The van der Waals surface area contributed by atoms with Gasteiger partial charge in [0.05, 0.1) is 6.04 Å². The lowest BCUT2D eigenvalue weighted by Gasteiger charge is -2.26. The zero-order valence-corrected chi connectivity index (χ0v) is 11.2. The highest BCUT2D eigenvalue weighted by Crippen LogP contribution is 2.27. The zero-order chi connectivity index (χ0) is 13.7. The average Bonchev–Trinajstić information content (AvgIpc) is 2.46. The second-order valence-electron chi connectivity index (χ2n) is 5.05. The lowest BCUT2D eigenvalue weighted by molar-refractivity contribution is -0.128. The Hall–Kier alpha value is -1.39. The van der Waals surface area contributed by atoms with Crippen LogP contribution >= 0.6 is 0 Å². The Morgan fingerprint density at radius 3 is 2.95 bits per heavy atom. The first-order chi connectivity index (χ1) is 9.22. The Morgan fingerprint density at radius 1 is 1.37 bits per heavy atom. The van der Waals surface area contributed by atoms with Crippen molar-refractivity contribution in [3.8, 4) is 5.75 Å². The molecule has 0 aromatic heterocycles. The molecule has 1 aromatic rings. The minimum Gasteiger partial charge on any atom is -0.482 e. The van der Waals surface area contributed by atoms with Gasteiger partial charge >= 0.3 is 0 Å². The van der Waals surface area contributed by atoms with E-state index in [9.17, 15) is 4.79 Å². The predicted octanol–water partition coefficient (Wildman–Crippen LogP) is 1.41. The number of Topliss-reactive ketones (excluding diaryl/α,β-unsaturated/α-hetero) is 1. The van der Waals surface area contributed by atoms with Crippen LogP contribution in [0.15, 0.2) is 24.3 Å². The summed E-state index contributed by atoms with van der Waals surface area (Å²) < 4.78 is 5.77. The summed E-state index contributed by atoms with van der Waals surface area (Å²) >= 11 is 0. The van der Waals surface area contributed by atoms with E-state index < -0.39 is 6.04 Å². The van der Waals surface area contributed by atoms with E-state index in [1.807, 2.05) is 24.3 Å². The topological polar surface area (TPSA) is 78.3 Å². The number of hydrogen-bond acceptors (Lipinski definition) is 4. The Balaban J connectivity index is 1.91. The van der Waals surface area contributed by atoms with Crippen LogP contribution in [0.5, 0.6) is 5.75 Å². The summed E-state index contributed by atoms with van der Waals surface area (Å²) in [5.41, 5.74) is 12.5. The number of ether oxygens (including phenoxy) is 1. The number of para-hydroxylation sites is 1. The summed E-state index contributed by atoms with van der Waals surface area (Å²) in [6.45, 7) is 0.647. The van der Waals surface area contributed by atoms with Crippen molar-refractivity contribution < 1.29 is 9.53 Å². The number of nitrogens with two attached hydrogens (primary N) is 2. The van der Waals surface area contributed by atoms with E-state index >= 15 is 0 Å². The molecule has 1 aliphatic rings. The van der Waals surface area contributed by atoms with Crippen molar-refractivity contribution in [2.75, 3.05) is 6.54 Å². The van der Waals surface area contributed by atoms with Crippen LogP contribution < -0.4 is 16.2 Å². The second-order valence-corrected chi connectivity index (χ2v) is 5.05. The molecule has 2 atom stereocenters. The van der Waals surface area contributed by atoms with Crippen LogP contribution in [0, 0.1) is 0 Å². The fraction of sp³-hybridized carbons (Fsp3) is 0.533. The molecule has 4 heteroatoms. The van der Waals surface area contributed by atoms with E-state index in [0.717, 1.165) is 31.4 Å². The molecule has 2 rings (SSSR count). The first kappa shape index (κ1) is 14.0. The number of benzene rings is 1. The molecule has 4 N–H and O–H groups in total. The van der Waals surface area contributed by atoms with Crippen molar-refractivity contribution in [2.45, 2.75) is 44.2 Å². The van der Waals surface area contributed by atoms with Gasteiger partial charge in [0.25, 0.3) is 0 Å². The molecule has 0 amide bonds. The number of unbranched alkanes of at least 4 members (excludes halogenated alkanes) is 1. The van der Waals surface area contributed by atoms with Crippen LogP contribution in [-0.2, 0) is 11.2 Å². The minimum absolute atomic E-state index is 0.0199. The standard InChI is InChI=1S/C15H22N2O2/c16-10-4-3-6-12(17)15(18)14-9-8-11-5-1-2-7-13(11)19-14/h1-2,5,7,12,14H,3-4,6,8-10,16-17H2/t12-,14?/m0/s1. The fourth-order valence-corrected chi connectivity index (χ4v) is 2.41. The Bertz CT molecular complexity index is 434. The molecule has 0 spiro atoms. The van der Waals surface area contributed by atoms with Crippen molar-refractivity contribution in [1.29, 1.82) is 0 Å². The highest BCUT2D eigenvalue weighted by Gasteiger charge is 2.29. The largest absolute Gasteiger partial charge is 0.482 e. The van der Waals surface area contributed by atoms with Crippen molar-refractivity contribution in [2.24, 2.45) is 11.5 Å². The molecule has 1 unspecified atom stereocenters. The van der Waals surface area contributed by atoms with Crippen LogP contribution in [0.2, 0.25) is 0 Å². The summed E-state index contributed by atoms with van der Waals surface area (Å²) in [7, 11) is 0. The van der Waals surface area contributed by atoms with E-state index in [1.165, 1.54) is 5.56 Å². The number of rotatable bonds is 6. The molecule has 0 bridgehead atoms.